The molecule has 0 fully saturated rings. The molecular weight excluding hydrogens is 350 g/mol. The van der Waals surface area contributed by atoms with Crippen LogP contribution in [0.4, 0.5) is 0 Å². The fourth-order valence-corrected chi connectivity index (χ4v) is 4.01. The molecule has 1 N–H and O–H groups in total. The summed E-state index contributed by atoms with van der Waals surface area (Å²) >= 11 is 4.75. The van der Waals surface area contributed by atoms with Crippen LogP contribution in [0.1, 0.15) is 10.6 Å². The zero-order chi connectivity index (χ0) is 13.9. The minimum absolute atomic E-state index is 0.104. The Morgan fingerprint density at radius 2 is 2.21 bits per heavy atom. The van der Waals surface area contributed by atoms with E-state index in [4.69, 9.17) is 5.26 Å². The molecule has 0 amide bonds. The number of hydrogen-bond acceptors (Lipinski definition) is 5. The lowest BCUT2D eigenvalue weighted by atomic mass is 10.4. The third kappa shape index (κ3) is 3.39. The number of nitriles is 1. The Labute approximate surface area is 123 Å². The molecule has 0 atom stereocenters. The molecule has 2 aromatic rings. The van der Waals surface area contributed by atoms with Gasteiger partial charge in [-0.05, 0) is 40.2 Å². The van der Waals surface area contributed by atoms with Crippen LogP contribution in [0, 0.1) is 11.3 Å². The van der Waals surface area contributed by atoms with Gasteiger partial charge in [0.25, 0.3) is 0 Å². The first-order valence-corrected chi connectivity index (χ1v) is 8.21. The quantitative estimate of drug-likeness (QED) is 0.909. The highest BCUT2D eigenvalue weighted by molar-refractivity contribution is 9.11. The van der Waals surface area contributed by atoms with Crippen molar-refractivity contribution in [3.8, 4) is 6.07 Å². The van der Waals surface area contributed by atoms with Crippen molar-refractivity contribution >= 4 is 37.3 Å². The average Bonchev–Trinajstić information content (AvgIpc) is 2.82. The molecule has 98 valence electrons. The number of hydrogen-bond donors (Lipinski definition) is 1. The predicted octanol–water partition coefficient (Wildman–Crippen LogP) is 2.26. The van der Waals surface area contributed by atoms with Gasteiger partial charge in [0, 0.05) is 17.6 Å². The van der Waals surface area contributed by atoms with Crippen LogP contribution >= 0.6 is 27.3 Å². The summed E-state index contributed by atoms with van der Waals surface area (Å²) in [4.78, 5) is 4.51. The minimum atomic E-state index is -3.74. The van der Waals surface area contributed by atoms with Crippen molar-refractivity contribution in [1.29, 1.82) is 5.26 Å². The standard InChI is InChI=1S/C11H8BrN3O2S2/c12-11-4-3-8(18-11)7-15-19(16,17)10-2-1-5-14-9(10)6-13/h1-5,15H,7H2. The molecular formula is C11H8BrN3O2S2. The minimum Gasteiger partial charge on any atom is -0.244 e. The Hall–Kier alpha value is -1.27. The third-order valence-corrected chi connectivity index (χ3v) is 5.29. The van der Waals surface area contributed by atoms with E-state index in [1.165, 1.54) is 29.7 Å². The molecule has 0 saturated carbocycles. The van der Waals surface area contributed by atoms with Crippen LogP contribution in [-0.2, 0) is 16.6 Å². The molecule has 0 radical (unpaired) electrons. The molecule has 0 aliphatic heterocycles. The highest BCUT2D eigenvalue weighted by Gasteiger charge is 2.19. The molecule has 5 nitrogen and oxygen atoms in total. The molecule has 2 rings (SSSR count). The van der Waals surface area contributed by atoms with Crippen LogP contribution in [0.25, 0.3) is 0 Å². The van der Waals surface area contributed by atoms with E-state index < -0.39 is 10.0 Å². The van der Waals surface area contributed by atoms with Crippen LogP contribution in [0.3, 0.4) is 0 Å². The van der Waals surface area contributed by atoms with Gasteiger partial charge in [0.2, 0.25) is 10.0 Å². The number of thiophene rings is 1. The fraction of sp³-hybridized carbons (Fsp3) is 0.0909. The second kappa shape index (κ2) is 5.79. The number of aromatic nitrogens is 1. The number of halogens is 1. The van der Waals surface area contributed by atoms with Crippen molar-refractivity contribution in [3.05, 3.63) is 44.8 Å². The maximum Gasteiger partial charge on any atom is 0.243 e. The Bertz CT molecular complexity index is 734. The molecule has 0 unspecified atom stereocenters. The van der Waals surface area contributed by atoms with E-state index in [1.54, 1.807) is 6.07 Å². The zero-order valence-corrected chi connectivity index (χ0v) is 12.7. The van der Waals surface area contributed by atoms with Crippen molar-refractivity contribution in [2.45, 2.75) is 11.4 Å². The Balaban J connectivity index is 2.21. The van der Waals surface area contributed by atoms with Gasteiger partial charge in [-0.3, -0.25) is 0 Å². The first-order chi connectivity index (χ1) is 9.03. The molecule has 0 bridgehead atoms. The number of nitrogens with zero attached hydrogens (tertiary/aromatic N) is 2. The average molecular weight is 358 g/mol. The molecule has 2 aromatic heterocycles. The molecule has 0 aromatic carbocycles. The van der Waals surface area contributed by atoms with Gasteiger partial charge in [-0.15, -0.1) is 11.3 Å². The second-order valence-electron chi connectivity index (χ2n) is 3.49. The molecule has 19 heavy (non-hydrogen) atoms. The third-order valence-electron chi connectivity index (χ3n) is 2.23. The summed E-state index contributed by atoms with van der Waals surface area (Å²) in [5, 5.41) is 8.86. The fourth-order valence-electron chi connectivity index (χ4n) is 1.38. The maximum absolute atomic E-state index is 12.1. The normalized spacial score (nSPS) is 11.2. The Morgan fingerprint density at radius 1 is 1.42 bits per heavy atom. The summed E-state index contributed by atoms with van der Waals surface area (Å²) in [7, 11) is -3.74. The maximum atomic E-state index is 12.1. The summed E-state index contributed by atoms with van der Waals surface area (Å²) < 4.78 is 27.5. The topological polar surface area (TPSA) is 82.8 Å². The molecule has 0 aliphatic carbocycles. The van der Waals surface area contributed by atoms with Gasteiger partial charge in [-0.25, -0.2) is 18.1 Å². The zero-order valence-electron chi connectivity index (χ0n) is 9.50. The van der Waals surface area contributed by atoms with E-state index in [1.807, 2.05) is 12.1 Å². The van der Waals surface area contributed by atoms with E-state index >= 15 is 0 Å². The van der Waals surface area contributed by atoms with Crippen molar-refractivity contribution < 1.29 is 8.42 Å². The van der Waals surface area contributed by atoms with E-state index in [0.717, 1.165) is 8.66 Å². The van der Waals surface area contributed by atoms with E-state index in [2.05, 4.69) is 25.6 Å². The van der Waals surface area contributed by atoms with Crippen LogP contribution in [0.5, 0.6) is 0 Å². The number of nitrogens with one attached hydrogen (secondary N) is 1. The molecule has 0 aliphatic rings. The largest absolute Gasteiger partial charge is 0.244 e. The number of pyridine rings is 1. The van der Waals surface area contributed by atoms with Gasteiger partial charge in [0.1, 0.15) is 11.0 Å². The molecule has 8 heteroatoms. The summed E-state index contributed by atoms with van der Waals surface area (Å²) in [6.45, 7) is 0.179. The van der Waals surface area contributed by atoms with Gasteiger partial charge in [-0.2, -0.15) is 5.26 Å². The highest BCUT2D eigenvalue weighted by atomic mass is 79.9. The molecule has 2 heterocycles. The first-order valence-electron chi connectivity index (χ1n) is 5.12. The lowest BCUT2D eigenvalue weighted by Gasteiger charge is -2.06. The van der Waals surface area contributed by atoms with Gasteiger partial charge in [0.15, 0.2) is 5.69 Å². The smallest absolute Gasteiger partial charge is 0.243 e. The lowest BCUT2D eigenvalue weighted by molar-refractivity contribution is 0.581. The summed E-state index contributed by atoms with van der Waals surface area (Å²) in [6, 6.07) is 8.28. The van der Waals surface area contributed by atoms with Gasteiger partial charge < -0.3 is 0 Å². The Kier molecular flexibility index (Phi) is 4.31. The van der Waals surface area contributed by atoms with E-state index in [9.17, 15) is 8.42 Å². The SMILES string of the molecule is N#Cc1ncccc1S(=O)(=O)NCc1ccc(Br)s1. The summed E-state index contributed by atoms with van der Waals surface area (Å²) in [5.41, 5.74) is -0.109. The van der Waals surface area contributed by atoms with Crippen LogP contribution in [0.2, 0.25) is 0 Å². The van der Waals surface area contributed by atoms with E-state index in [0.29, 0.717) is 0 Å². The lowest BCUT2D eigenvalue weighted by Crippen LogP contribution is -2.23. The molecule has 0 spiro atoms. The van der Waals surface area contributed by atoms with E-state index in [-0.39, 0.29) is 17.1 Å². The van der Waals surface area contributed by atoms with Gasteiger partial charge in [0.05, 0.1) is 3.79 Å². The summed E-state index contributed by atoms with van der Waals surface area (Å²) in [5.74, 6) is 0. The van der Waals surface area contributed by atoms with Crippen LogP contribution in [-0.4, -0.2) is 13.4 Å². The summed E-state index contributed by atoms with van der Waals surface area (Å²) in [6.07, 6.45) is 1.38. The first kappa shape index (κ1) is 14.1. The number of rotatable bonds is 4. The van der Waals surface area contributed by atoms with Crippen LogP contribution in [0.15, 0.2) is 39.1 Å². The van der Waals surface area contributed by atoms with Gasteiger partial charge >= 0.3 is 0 Å². The van der Waals surface area contributed by atoms with Gasteiger partial charge in [-0.1, -0.05) is 0 Å². The predicted molar refractivity (Wildman–Crippen MR) is 75.0 cm³/mol. The monoisotopic (exact) mass is 357 g/mol. The second-order valence-corrected chi connectivity index (χ2v) is 7.78. The molecule has 0 saturated heterocycles. The van der Waals surface area contributed by atoms with Crippen molar-refractivity contribution in [1.82, 2.24) is 9.71 Å². The van der Waals surface area contributed by atoms with Crippen molar-refractivity contribution in [2.24, 2.45) is 0 Å². The van der Waals surface area contributed by atoms with Crippen molar-refractivity contribution in [2.75, 3.05) is 0 Å². The van der Waals surface area contributed by atoms with Crippen LogP contribution < -0.4 is 4.72 Å². The highest BCUT2D eigenvalue weighted by Crippen LogP contribution is 2.22. The Morgan fingerprint density at radius 3 is 2.84 bits per heavy atom. The van der Waals surface area contributed by atoms with Crippen molar-refractivity contribution in [3.63, 3.8) is 0 Å². The number of sulfonamides is 1.